The summed E-state index contributed by atoms with van der Waals surface area (Å²) in [5.74, 6) is 0. The van der Waals surface area contributed by atoms with E-state index in [0.29, 0.717) is 10.2 Å². The number of nitrogens with one attached hydrogen (secondary N) is 2. The summed E-state index contributed by atoms with van der Waals surface area (Å²) < 4.78 is 25.8. The monoisotopic (exact) mass is 375 g/mol. The summed E-state index contributed by atoms with van der Waals surface area (Å²) in [7, 11) is -3.42. The second-order valence-corrected chi connectivity index (χ2v) is 7.72. The van der Waals surface area contributed by atoms with Crippen molar-refractivity contribution in [1.29, 1.82) is 0 Å². The molecule has 1 saturated carbocycles. The Hall–Kier alpha value is -1.28. The van der Waals surface area contributed by atoms with Gasteiger partial charge in [0.05, 0.1) is 18.5 Å². The second kappa shape index (κ2) is 6.65. The predicted octanol–water partition coefficient (Wildman–Crippen LogP) is 1.68. The molecule has 1 aliphatic carbocycles. The number of carbonyl (C=O) groups excluding carboxylic acids is 1. The number of nitrogens with zero attached hydrogens (tertiary/aromatic N) is 1. The zero-order chi connectivity index (χ0) is 15.5. The molecule has 8 heteroatoms. The maximum atomic E-state index is 11.9. The first kappa shape index (κ1) is 16.1. The highest BCUT2D eigenvalue weighted by Crippen LogP contribution is 2.27. The molecule has 0 aliphatic heterocycles. The fourth-order valence-corrected chi connectivity index (χ4v) is 3.41. The van der Waals surface area contributed by atoms with Crippen molar-refractivity contribution in [3.8, 4) is 0 Å². The minimum atomic E-state index is -3.42. The summed E-state index contributed by atoms with van der Waals surface area (Å²) >= 11 is 3.35. The molecule has 0 saturated heterocycles. The summed E-state index contributed by atoms with van der Waals surface area (Å²) in [6, 6.07) is 7.11. The smallest absolute Gasteiger partial charge is 0.315 e. The Balaban J connectivity index is 1.97. The second-order valence-electron chi connectivity index (χ2n) is 4.96. The van der Waals surface area contributed by atoms with E-state index in [1.807, 2.05) is 6.07 Å². The van der Waals surface area contributed by atoms with Crippen LogP contribution in [-0.4, -0.2) is 39.8 Å². The first-order chi connectivity index (χ1) is 9.88. The Morgan fingerprint density at radius 1 is 1.38 bits per heavy atom. The lowest BCUT2D eigenvalue weighted by atomic mass is 10.3. The number of halogens is 1. The number of anilines is 1. The van der Waals surface area contributed by atoms with Gasteiger partial charge in [0.1, 0.15) is 0 Å². The Kier molecular flexibility index (Phi) is 5.10. The molecule has 1 aromatic rings. The number of rotatable bonds is 6. The van der Waals surface area contributed by atoms with E-state index in [9.17, 15) is 13.2 Å². The van der Waals surface area contributed by atoms with Gasteiger partial charge in [-0.2, -0.15) is 0 Å². The van der Waals surface area contributed by atoms with E-state index in [1.54, 1.807) is 18.2 Å². The van der Waals surface area contributed by atoms with Gasteiger partial charge in [-0.25, -0.2) is 13.2 Å². The topological polar surface area (TPSA) is 78.5 Å². The fraction of sp³-hybridized carbons (Fsp3) is 0.462. The van der Waals surface area contributed by atoms with E-state index in [4.69, 9.17) is 0 Å². The molecule has 0 atom stereocenters. The lowest BCUT2D eigenvalue weighted by Crippen LogP contribution is -2.42. The third kappa shape index (κ3) is 4.89. The molecular formula is C13H18BrN3O3S. The van der Waals surface area contributed by atoms with Crippen LogP contribution in [0, 0.1) is 0 Å². The predicted molar refractivity (Wildman–Crippen MR) is 85.9 cm³/mol. The van der Waals surface area contributed by atoms with Crippen molar-refractivity contribution in [2.75, 3.05) is 23.7 Å². The number of amides is 2. The number of benzene rings is 1. The van der Waals surface area contributed by atoms with E-state index >= 15 is 0 Å². The molecule has 0 radical (unpaired) electrons. The molecule has 2 N–H and O–H groups in total. The molecule has 2 amide bonds. The van der Waals surface area contributed by atoms with Crippen LogP contribution in [-0.2, 0) is 10.0 Å². The van der Waals surface area contributed by atoms with Gasteiger partial charge in [0.2, 0.25) is 10.0 Å². The van der Waals surface area contributed by atoms with E-state index in [1.165, 1.54) is 4.31 Å². The summed E-state index contributed by atoms with van der Waals surface area (Å²) in [4.78, 5) is 11.5. The summed E-state index contributed by atoms with van der Waals surface area (Å²) in [6.45, 7) is 0.423. The molecule has 116 valence electrons. The minimum Gasteiger partial charge on any atom is -0.336 e. The lowest BCUT2D eigenvalue weighted by molar-refractivity contribution is 0.241. The molecule has 0 aromatic heterocycles. The quantitative estimate of drug-likeness (QED) is 0.793. The normalized spacial score (nSPS) is 14.6. The molecule has 0 heterocycles. The van der Waals surface area contributed by atoms with Crippen LogP contribution >= 0.6 is 15.9 Å². The molecule has 6 nitrogen and oxygen atoms in total. The number of carbonyl (C=O) groups is 1. The first-order valence-electron chi connectivity index (χ1n) is 6.64. The molecule has 1 aromatic carbocycles. The van der Waals surface area contributed by atoms with Crippen LogP contribution in [0.2, 0.25) is 0 Å². The largest absolute Gasteiger partial charge is 0.336 e. The zero-order valence-corrected chi connectivity index (χ0v) is 14.1. The average molecular weight is 376 g/mol. The van der Waals surface area contributed by atoms with Crippen LogP contribution in [0.4, 0.5) is 10.5 Å². The van der Waals surface area contributed by atoms with Gasteiger partial charge in [0.15, 0.2) is 0 Å². The Labute approximate surface area is 133 Å². The molecule has 0 unspecified atom stereocenters. The summed E-state index contributed by atoms with van der Waals surface area (Å²) in [5, 5.41) is 5.46. The van der Waals surface area contributed by atoms with Gasteiger partial charge in [-0.3, -0.25) is 4.31 Å². The molecular weight excluding hydrogens is 358 g/mol. The van der Waals surface area contributed by atoms with Gasteiger partial charge < -0.3 is 10.6 Å². The highest BCUT2D eigenvalue weighted by Gasteiger charge is 2.23. The van der Waals surface area contributed by atoms with E-state index < -0.39 is 10.0 Å². The van der Waals surface area contributed by atoms with Crippen LogP contribution in [0.5, 0.6) is 0 Å². The van der Waals surface area contributed by atoms with Gasteiger partial charge in [0.25, 0.3) is 0 Å². The van der Waals surface area contributed by atoms with Crippen molar-refractivity contribution in [2.45, 2.75) is 18.9 Å². The summed E-state index contributed by atoms with van der Waals surface area (Å²) in [5.41, 5.74) is 0.560. The third-order valence-corrected chi connectivity index (χ3v) is 4.89. The number of hydrogen-bond donors (Lipinski definition) is 2. The summed E-state index contributed by atoms with van der Waals surface area (Å²) in [6.07, 6.45) is 3.18. The molecule has 21 heavy (non-hydrogen) atoms. The SMILES string of the molecule is CS(=O)(=O)N(CCNC(=O)NC1CC1)c1ccccc1Br. The average Bonchev–Trinajstić information content (AvgIpc) is 3.18. The van der Waals surface area contributed by atoms with Gasteiger partial charge in [0, 0.05) is 17.1 Å². The number of para-hydroxylation sites is 1. The van der Waals surface area contributed by atoms with Gasteiger partial charge in [-0.1, -0.05) is 12.1 Å². The number of urea groups is 1. The van der Waals surface area contributed by atoms with Crippen LogP contribution in [0.15, 0.2) is 28.7 Å². The van der Waals surface area contributed by atoms with Crippen molar-refractivity contribution in [3.05, 3.63) is 28.7 Å². The minimum absolute atomic E-state index is 0.180. The highest BCUT2D eigenvalue weighted by atomic mass is 79.9. The fourth-order valence-electron chi connectivity index (χ4n) is 1.85. The van der Waals surface area contributed by atoms with Crippen molar-refractivity contribution in [3.63, 3.8) is 0 Å². The van der Waals surface area contributed by atoms with Crippen molar-refractivity contribution < 1.29 is 13.2 Å². The van der Waals surface area contributed by atoms with E-state index in [-0.39, 0.29) is 25.2 Å². The standard InChI is InChI=1S/C13H18BrN3O3S/c1-21(19,20)17(12-5-3-2-4-11(12)14)9-8-15-13(18)16-10-6-7-10/h2-5,10H,6-9H2,1H3,(H2,15,16,18). The van der Waals surface area contributed by atoms with Crippen LogP contribution < -0.4 is 14.9 Å². The van der Waals surface area contributed by atoms with E-state index in [2.05, 4.69) is 26.6 Å². The molecule has 1 fully saturated rings. The Bertz CT molecular complexity index is 617. The van der Waals surface area contributed by atoms with Crippen molar-refractivity contribution in [2.24, 2.45) is 0 Å². The highest BCUT2D eigenvalue weighted by molar-refractivity contribution is 9.10. The molecule has 0 bridgehead atoms. The van der Waals surface area contributed by atoms with Gasteiger partial charge >= 0.3 is 6.03 Å². The maximum Gasteiger partial charge on any atom is 0.315 e. The van der Waals surface area contributed by atoms with Crippen molar-refractivity contribution >= 4 is 37.7 Å². The van der Waals surface area contributed by atoms with Gasteiger partial charge in [-0.15, -0.1) is 0 Å². The van der Waals surface area contributed by atoms with Gasteiger partial charge in [-0.05, 0) is 40.9 Å². The van der Waals surface area contributed by atoms with Crippen LogP contribution in [0.3, 0.4) is 0 Å². The first-order valence-corrected chi connectivity index (χ1v) is 9.28. The number of hydrogen-bond acceptors (Lipinski definition) is 3. The van der Waals surface area contributed by atoms with Crippen LogP contribution in [0.1, 0.15) is 12.8 Å². The third-order valence-electron chi connectivity index (χ3n) is 3.03. The lowest BCUT2D eigenvalue weighted by Gasteiger charge is -2.23. The Morgan fingerprint density at radius 3 is 2.62 bits per heavy atom. The Morgan fingerprint density at radius 2 is 2.05 bits per heavy atom. The molecule has 0 spiro atoms. The van der Waals surface area contributed by atoms with E-state index in [0.717, 1.165) is 19.1 Å². The molecule has 1 aliphatic rings. The number of sulfonamides is 1. The molecule has 2 rings (SSSR count). The van der Waals surface area contributed by atoms with Crippen LogP contribution in [0.25, 0.3) is 0 Å². The zero-order valence-electron chi connectivity index (χ0n) is 11.7. The maximum absolute atomic E-state index is 11.9. The van der Waals surface area contributed by atoms with Crippen molar-refractivity contribution in [1.82, 2.24) is 10.6 Å².